The standard InChI is InChI=1S/C15H38N2O6Si2/c1-9-11-13-17(12-10-2)14-15(16,24(18-3,19-4)20-5)25(21-6,22-7)23-8/h9-14,16H2,1-8H3. The van der Waals surface area contributed by atoms with Gasteiger partial charge in [0.1, 0.15) is 0 Å². The molecule has 0 rings (SSSR count). The summed E-state index contributed by atoms with van der Waals surface area (Å²) in [6.07, 6.45) is 3.17. The Morgan fingerprint density at radius 1 is 0.720 bits per heavy atom. The molecule has 2 N–H and O–H groups in total. The lowest BCUT2D eigenvalue weighted by Gasteiger charge is -2.48. The Labute approximate surface area is 155 Å². The van der Waals surface area contributed by atoms with Crippen molar-refractivity contribution in [3.8, 4) is 0 Å². The summed E-state index contributed by atoms with van der Waals surface area (Å²) < 4.78 is 34.4. The van der Waals surface area contributed by atoms with Crippen LogP contribution < -0.4 is 5.73 Å². The largest absolute Gasteiger partial charge is 0.527 e. The van der Waals surface area contributed by atoms with Crippen molar-refractivity contribution in [2.24, 2.45) is 5.73 Å². The highest BCUT2D eigenvalue weighted by Gasteiger charge is 2.74. The Balaban J connectivity index is 6.12. The minimum Gasteiger partial charge on any atom is -0.376 e. The molecule has 25 heavy (non-hydrogen) atoms. The molecule has 8 nitrogen and oxygen atoms in total. The minimum atomic E-state index is -3.38. The summed E-state index contributed by atoms with van der Waals surface area (Å²) in [4.78, 5) is 1.10. The van der Waals surface area contributed by atoms with Crippen LogP contribution in [0.5, 0.6) is 0 Å². The van der Waals surface area contributed by atoms with Crippen LogP contribution in [0, 0.1) is 0 Å². The Kier molecular flexibility index (Phi) is 11.8. The molecule has 0 aromatic heterocycles. The van der Waals surface area contributed by atoms with Crippen molar-refractivity contribution in [1.29, 1.82) is 0 Å². The zero-order valence-electron chi connectivity index (χ0n) is 17.2. The van der Waals surface area contributed by atoms with Crippen molar-refractivity contribution in [2.75, 3.05) is 62.3 Å². The Morgan fingerprint density at radius 2 is 1.12 bits per heavy atom. The summed E-state index contributed by atoms with van der Waals surface area (Å²) in [5, 5.41) is 0. The van der Waals surface area contributed by atoms with E-state index in [0.29, 0.717) is 6.54 Å². The number of unbranched alkanes of at least 4 members (excludes halogenated alkanes) is 1. The van der Waals surface area contributed by atoms with E-state index in [4.69, 9.17) is 32.3 Å². The lowest BCUT2D eigenvalue weighted by atomic mass is 10.3. The molecular formula is C15H38N2O6Si2. The summed E-state index contributed by atoms with van der Waals surface area (Å²) in [5.41, 5.74) is 6.95. The Morgan fingerprint density at radius 3 is 1.40 bits per heavy atom. The molecular weight excluding hydrogens is 360 g/mol. The average Bonchev–Trinajstić information content (AvgIpc) is 2.63. The molecule has 0 unspecified atom stereocenters. The molecule has 0 bridgehead atoms. The van der Waals surface area contributed by atoms with E-state index in [1.54, 1.807) is 0 Å². The Bertz CT molecular complexity index is 320. The lowest BCUT2D eigenvalue weighted by molar-refractivity contribution is 0.0455. The molecule has 152 valence electrons. The highest BCUT2D eigenvalue weighted by molar-refractivity contribution is 6.85. The summed E-state index contributed by atoms with van der Waals surface area (Å²) in [7, 11) is 2.48. The van der Waals surface area contributed by atoms with Gasteiger partial charge in [0.25, 0.3) is 0 Å². The molecule has 0 spiro atoms. The topological polar surface area (TPSA) is 84.6 Å². The smallest absolute Gasteiger partial charge is 0.376 e. The van der Waals surface area contributed by atoms with Gasteiger partial charge in [-0.15, -0.1) is 0 Å². The van der Waals surface area contributed by atoms with Gasteiger partial charge in [0.05, 0.1) is 0 Å². The van der Waals surface area contributed by atoms with E-state index in [0.717, 1.165) is 32.4 Å². The number of nitrogens with zero attached hydrogens (tertiary/aromatic N) is 1. The van der Waals surface area contributed by atoms with E-state index in [2.05, 4.69) is 18.7 Å². The first-order valence-electron chi connectivity index (χ1n) is 8.68. The van der Waals surface area contributed by atoms with Crippen LogP contribution >= 0.6 is 0 Å². The fourth-order valence-electron chi connectivity index (χ4n) is 3.29. The zero-order chi connectivity index (χ0) is 19.6. The normalized spacial score (nSPS) is 13.7. The van der Waals surface area contributed by atoms with Crippen LogP contribution in [-0.4, -0.2) is 89.6 Å². The lowest BCUT2D eigenvalue weighted by Crippen LogP contribution is -2.86. The zero-order valence-corrected chi connectivity index (χ0v) is 19.2. The predicted molar refractivity (Wildman–Crippen MR) is 102 cm³/mol. The molecule has 0 fully saturated rings. The molecule has 0 aliphatic rings. The van der Waals surface area contributed by atoms with Gasteiger partial charge in [0.2, 0.25) is 0 Å². The van der Waals surface area contributed by atoms with Crippen molar-refractivity contribution in [1.82, 2.24) is 4.90 Å². The van der Waals surface area contributed by atoms with Crippen molar-refractivity contribution < 1.29 is 26.6 Å². The van der Waals surface area contributed by atoms with Crippen LogP contribution in [-0.2, 0) is 26.6 Å². The van der Waals surface area contributed by atoms with Gasteiger partial charge in [-0.2, -0.15) is 0 Å². The average molecular weight is 399 g/mol. The molecule has 0 aliphatic carbocycles. The second-order valence-electron chi connectivity index (χ2n) is 5.94. The van der Waals surface area contributed by atoms with Gasteiger partial charge < -0.3 is 37.2 Å². The number of nitrogens with two attached hydrogens (primary N) is 1. The predicted octanol–water partition coefficient (Wildman–Crippen LogP) is 1.03. The molecule has 0 saturated heterocycles. The van der Waals surface area contributed by atoms with E-state index < -0.39 is 22.4 Å². The summed E-state index contributed by atoms with van der Waals surface area (Å²) in [6.45, 7) is 6.54. The maximum absolute atomic E-state index is 6.95. The number of hydrogen-bond acceptors (Lipinski definition) is 8. The second kappa shape index (κ2) is 11.7. The maximum atomic E-state index is 6.95. The van der Waals surface area contributed by atoms with Gasteiger partial charge in [-0.05, 0) is 25.9 Å². The monoisotopic (exact) mass is 398 g/mol. The van der Waals surface area contributed by atoms with E-state index in [1.165, 1.54) is 42.7 Å². The molecule has 0 aromatic rings. The van der Waals surface area contributed by atoms with Crippen molar-refractivity contribution >= 4 is 17.6 Å². The molecule has 0 heterocycles. The summed E-state index contributed by atoms with van der Waals surface area (Å²) in [5.74, 6) is 0. The van der Waals surface area contributed by atoms with E-state index in [1.807, 2.05) is 0 Å². The first-order chi connectivity index (χ1) is 11.9. The third-order valence-corrected chi connectivity index (χ3v) is 12.1. The fraction of sp³-hybridized carbons (Fsp3) is 1.00. The molecule has 0 radical (unpaired) electrons. The van der Waals surface area contributed by atoms with E-state index in [9.17, 15) is 0 Å². The second-order valence-corrected chi connectivity index (χ2v) is 12.9. The number of hydrogen-bond donors (Lipinski definition) is 1. The summed E-state index contributed by atoms with van der Waals surface area (Å²) >= 11 is 0. The van der Waals surface area contributed by atoms with E-state index in [-0.39, 0.29) is 0 Å². The van der Waals surface area contributed by atoms with Gasteiger partial charge in [0, 0.05) is 49.2 Å². The van der Waals surface area contributed by atoms with Gasteiger partial charge in [-0.25, -0.2) is 0 Å². The molecule has 0 saturated carbocycles. The molecule has 10 heteroatoms. The van der Waals surface area contributed by atoms with Crippen molar-refractivity contribution in [3.63, 3.8) is 0 Å². The van der Waals surface area contributed by atoms with Gasteiger partial charge in [-0.1, -0.05) is 20.3 Å². The molecule has 0 atom stereocenters. The van der Waals surface area contributed by atoms with Crippen molar-refractivity contribution in [2.45, 2.75) is 37.9 Å². The molecule has 0 aromatic carbocycles. The van der Waals surface area contributed by atoms with Gasteiger partial charge in [-0.3, -0.25) is 0 Å². The first-order valence-corrected chi connectivity index (χ1v) is 12.1. The fourth-order valence-corrected chi connectivity index (χ4v) is 10.7. The SMILES string of the molecule is CCCCN(CCC)CC(N)([Si](OC)(OC)OC)[Si](OC)(OC)OC. The van der Waals surface area contributed by atoms with Gasteiger partial charge >= 0.3 is 17.6 Å². The van der Waals surface area contributed by atoms with Crippen LogP contribution in [0.4, 0.5) is 0 Å². The van der Waals surface area contributed by atoms with Crippen LogP contribution in [0.25, 0.3) is 0 Å². The highest BCUT2D eigenvalue weighted by atomic mass is 28.5. The number of rotatable bonds is 15. The van der Waals surface area contributed by atoms with Crippen LogP contribution in [0.15, 0.2) is 0 Å². The van der Waals surface area contributed by atoms with Crippen LogP contribution in [0.1, 0.15) is 33.1 Å². The molecule has 0 aliphatic heterocycles. The van der Waals surface area contributed by atoms with E-state index >= 15 is 0 Å². The van der Waals surface area contributed by atoms with Crippen molar-refractivity contribution in [3.05, 3.63) is 0 Å². The van der Waals surface area contributed by atoms with Gasteiger partial charge in [0.15, 0.2) is 4.79 Å². The third kappa shape index (κ3) is 5.09. The van der Waals surface area contributed by atoms with Crippen LogP contribution in [0.3, 0.4) is 0 Å². The third-order valence-electron chi connectivity index (χ3n) is 4.55. The minimum absolute atomic E-state index is 0.435. The van der Waals surface area contributed by atoms with Crippen LogP contribution in [0.2, 0.25) is 0 Å². The molecule has 0 amide bonds. The Hall–Kier alpha value is 0.114. The summed E-state index contributed by atoms with van der Waals surface area (Å²) in [6, 6.07) is 0. The quantitative estimate of drug-likeness (QED) is 0.410. The highest BCUT2D eigenvalue weighted by Crippen LogP contribution is 2.33. The first kappa shape index (κ1) is 25.1. The maximum Gasteiger partial charge on any atom is 0.527 e.